The van der Waals surface area contributed by atoms with Gasteiger partial charge in [0.05, 0.1) is 6.10 Å². The lowest BCUT2D eigenvalue weighted by Gasteiger charge is -2.49. The summed E-state index contributed by atoms with van der Waals surface area (Å²) in [4.78, 5) is 24.3. The molecule has 170 valence electrons. The van der Waals surface area contributed by atoms with Crippen LogP contribution in [-0.2, 0) is 9.53 Å². The number of carbonyl (C=O) groups excluding carboxylic acids is 2. The molecule has 2 aromatic rings. The summed E-state index contributed by atoms with van der Waals surface area (Å²) in [5.74, 6) is 0.754. The monoisotopic (exact) mass is 438 g/mol. The Morgan fingerprint density at radius 3 is 2.59 bits per heavy atom. The highest BCUT2D eigenvalue weighted by Crippen LogP contribution is 2.47. The topological polar surface area (TPSA) is 85.9 Å². The van der Waals surface area contributed by atoms with E-state index in [2.05, 4.69) is 22.8 Å². The minimum Gasteiger partial charge on any atom is -0.482 e. The molecule has 1 fully saturated rings. The molecule has 2 amide bonds. The molecule has 2 heterocycles. The van der Waals surface area contributed by atoms with Crippen molar-refractivity contribution in [2.45, 2.75) is 63.8 Å². The van der Waals surface area contributed by atoms with E-state index in [0.717, 1.165) is 11.1 Å². The minimum absolute atomic E-state index is 0.0362. The summed E-state index contributed by atoms with van der Waals surface area (Å²) < 4.78 is 17.3. The number of amides is 2. The number of rotatable bonds is 5. The molecule has 0 aliphatic carbocycles. The van der Waals surface area contributed by atoms with Crippen molar-refractivity contribution in [1.82, 2.24) is 10.6 Å². The lowest BCUT2D eigenvalue weighted by Crippen LogP contribution is -2.69. The highest BCUT2D eigenvalue weighted by atomic mass is 16.6. The number of esters is 1. The third-order valence-corrected chi connectivity index (χ3v) is 5.65. The van der Waals surface area contributed by atoms with Crippen LogP contribution < -0.4 is 20.1 Å². The first kappa shape index (κ1) is 22.0. The maximum atomic E-state index is 12.5. The fraction of sp³-hybridized carbons (Fsp3) is 0.440. The Bertz CT molecular complexity index is 1000. The molecule has 2 atom stereocenters. The number of carbonyl (C=O) groups is 2. The number of benzene rings is 2. The summed E-state index contributed by atoms with van der Waals surface area (Å²) in [6, 6.07) is 15.5. The summed E-state index contributed by atoms with van der Waals surface area (Å²) in [7, 11) is 0. The van der Waals surface area contributed by atoms with E-state index < -0.39 is 17.2 Å². The van der Waals surface area contributed by atoms with Crippen molar-refractivity contribution >= 4 is 12.0 Å². The van der Waals surface area contributed by atoms with Gasteiger partial charge in [0.1, 0.15) is 11.5 Å². The average molecular weight is 439 g/mol. The smallest absolute Gasteiger partial charge is 0.344 e. The second-order valence-corrected chi connectivity index (χ2v) is 9.43. The summed E-state index contributed by atoms with van der Waals surface area (Å²) in [5.41, 5.74) is 0.894. The molecule has 0 aromatic heterocycles. The molecule has 2 N–H and O–H groups in total. The van der Waals surface area contributed by atoms with Crippen molar-refractivity contribution in [2.75, 3.05) is 6.61 Å². The average Bonchev–Trinajstić information content (AvgIpc) is 2.70. The third-order valence-electron chi connectivity index (χ3n) is 5.65. The van der Waals surface area contributed by atoms with Crippen molar-refractivity contribution in [1.29, 1.82) is 0 Å². The normalized spacial score (nSPS) is 23.5. The molecule has 2 aliphatic heterocycles. The molecule has 1 saturated heterocycles. The molecule has 2 aliphatic rings. The quantitative estimate of drug-likeness (QED) is 0.686. The van der Waals surface area contributed by atoms with Crippen molar-refractivity contribution < 1.29 is 23.8 Å². The summed E-state index contributed by atoms with van der Waals surface area (Å²) >= 11 is 0. The van der Waals surface area contributed by atoms with Gasteiger partial charge < -0.3 is 24.8 Å². The maximum absolute atomic E-state index is 12.5. The zero-order valence-corrected chi connectivity index (χ0v) is 18.9. The van der Waals surface area contributed by atoms with Gasteiger partial charge in [0.25, 0.3) is 0 Å². The first-order chi connectivity index (χ1) is 15.1. The standard InChI is InChI=1S/C25H30N2O5/c1-16(2)31-22(28)14-30-18-10-11-19-20(17-8-6-5-7-9-17)13-25(32-21(19)12-18)15-24(3,4)26-23(29)27-25/h5-12,16,20H,13-15H2,1-4H3,(H2,26,27,29)/t20-,25-/m1/s1. The van der Waals surface area contributed by atoms with Crippen LogP contribution in [0.25, 0.3) is 0 Å². The predicted octanol–water partition coefficient (Wildman–Crippen LogP) is 4.11. The molecule has 7 heteroatoms. The van der Waals surface area contributed by atoms with Crippen LogP contribution in [0.5, 0.6) is 11.5 Å². The summed E-state index contributed by atoms with van der Waals surface area (Å²) in [6.45, 7) is 7.39. The molecule has 4 rings (SSSR count). The van der Waals surface area contributed by atoms with Crippen LogP contribution in [0, 0.1) is 0 Å². The fourth-order valence-electron chi connectivity index (χ4n) is 4.63. The number of hydrogen-bond acceptors (Lipinski definition) is 5. The Kier molecular flexibility index (Phi) is 5.75. The number of nitrogens with one attached hydrogen (secondary N) is 2. The number of ether oxygens (including phenoxy) is 3. The van der Waals surface area contributed by atoms with E-state index in [1.165, 1.54) is 0 Å². The van der Waals surface area contributed by atoms with Crippen LogP contribution in [0.1, 0.15) is 57.6 Å². The minimum atomic E-state index is -0.853. The van der Waals surface area contributed by atoms with E-state index in [9.17, 15) is 9.59 Å². The van der Waals surface area contributed by atoms with Gasteiger partial charge in [-0.3, -0.25) is 0 Å². The fourth-order valence-corrected chi connectivity index (χ4v) is 4.63. The van der Waals surface area contributed by atoms with Gasteiger partial charge in [-0.2, -0.15) is 0 Å². The van der Waals surface area contributed by atoms with Crippen LogP contribution in [0.3, 0.4) is 0 Å². The Morgan fingerprint density at radius 2 is 1.91 bits per heavy atom. The van der Waals surface area contributed by atoms with Gasteiger partial charge in [-0.05, 0) is 39.3 Å². The Labute approximate surface area is 188 Å². The zero-order chi connectivity index (χ0) is 22.9. The second-order valence-electron chi connectivity index (χ2n) is 9.43. The SMILES string of the molecule is CC(C)OC(=O)COc1ccc2c(c1)O[C@]1(C[C@@H]2c2ccccc2)CC(C)(C)NC(=O)N1. The summed E-state index contributed by atoms with van der Waals surface area (Å²) in [6.07, 6.45) is 1.01. The lowest BCUT2D eigenvalue weighted by molar-refractivity contribution is -0.149. The predicted molar refractivity (Wildman–Crippen MR) is 120 cm³/mol. The van der Waals surface area contributed by atoms with E-state index in [1.807, 2.05) is 44.2 Å². The van der Waals surface area contributed by atoms with Crippen molar-refractivity contribution in [3.8, 4) is 11.5 Å². The first-order valence-electron chi connectivity index (χ1n) is 11.0. The van der Waals surface area contributed by atoms with Crippen LogP contribution in [0.2, 0.25) is 0 Å². The van der Waals surface area contributed by atoms with Gasteiger partial charge in [0, 0.05) is 35.9 Å². The maximum Gasteiger partial charge on any atom is 0.344 e. The van der Waals surface area contributed by atoms with Gasteiger partial charge in [-0.15, -0.1) is 0 Å². The molecular formula is C25H30N2O5. The van der Waals surface area contributed by atoms with E-state index in [4.69, 9.17) is 14.2 Å². The molecule has 1 spiro atoms. The molecular weight excluding hydrogens is 408 g/mol. The van der Waals surface area contributed by atoms with Crippen molar-refractivity contribution in [3.05, 3.63) is 59.7 Å². The number of hydrogen-bond donors (Lipinski definition) is 2. The highest BCUT2D eigenvalue weighted by Gasteiger charge is 2.49. The molecule has 0 bridgehead atoms. The van der Waals surface area contributed by atoms with E-state index in [-0.39, 0.29) is 24.7 Å². The van der Waals surface area contributed by atoms with Crippen LogP contribution >= 0.6 is 0 Å². The van der Waals surface area contributed by atoms with E-state index in [1.54, 1.807) is 19.9 Å². The third kappa shape index (κ3) is 4.82. The Balaban J connectivity index is 1.66. The molecule has 7 nitrogen and oxygen atoms in total. The molecule has 2 aromatic carbocycles. The largest absolute Gasteiger partial charge is 0.482 e. The Hall–Kier alpha value is -3.22. The summed E-state index contributed by atoms with van der Waals surface area (Å²) in [5, 5.41) is 5.99. The van der Waals surface area contributed by atoms with Crippen LogP contribution in [0.4, 0.5) is 4.79 Å². The molecule has 32 heavy (non-hydrogen) atoms. The van der Waals surface area contributed by atoms with Gasteiger partial charge in [0.2, 0.25) is 0 Å². The van der Waals surface area contributed by atoms with Gasteiger partial charge in [0.15, 0.2) is 12.3 Å². The molecule has 0 radical (unpaired) electrons. The van der Waals surface area contributed by atoms with Gasteiger partial charge in [-0.1, -0.05) is 36.4 Å². The zero-order valence-electron chi connectivity index (χ0n) is 18.9. The van der Waals surface area contributed by atoms with E-state index >= 15 is 0 Å². The van der Waals surface area contributed by atoms with Crippen LogP contribution in [0.15, 0.2) is 48.5 Å². The van der Waals surface area contributed by atoms with Crippen LogP contribution in [-0.4, -0.2) is 36.0 Å². The number of urea groups is 1. The van der Waals surface area contributed by atoms with Crippen molar-refractivity contribution in [3.63, 3.8) is 0 Å². The van der Waals surface area contributed by atoms with E-state index in [0.29, 0.717) is 24.3 Å². The first-order valence-corrected chi connectivity index (χ1v) is 11.0. The lowest BCUT2D eigenvalue weighted by atomic mass is 9.77. The highest BCUT2D eigenvalue weighted by molar-refractivity contribution is 5.77. The van der Waals surface area contributed by atoms with Gasteiger partial charge >= 0.3 is 12.0 Å². The van der Waals surface area contributed by atoms with Gasteiger partial charge in [-0.25, -0.2) is 9.59 Å². The molecule has 0 unspecified atom stereocenters. The number of fused-ring (bicyclic) bond motifs is 1. The van der Waals surface area contributed by atoms with Crippen molar-refractivity contribution in [2.24, 2.45) is 0 Å². The Morgan fingerprint density at radius 1 is 1.16 bits per heavy atom. The second kappa shape index (κ2) is 8.37. The molecule has 0 saturated carbocycles.